The van der Waals surface area contributed by atoms with Crippen LogP contribution in [0.15, 0.2) is 45.1 Å². The summed E-state index contributed by atoms with van der Waals surface area (Å²) >= 11 is 0. The van der Waals surface area contributed by atoms with E-state index in [0.29, 0.717) is 17.8 Å². The normalized spacial score (nSPS) is 18.4. The van der Waals surface area contributed by atoms with Gasteiger partial charge in [-0.15, -0.1) is 0 Å². The van der Waals surface area contributed by atoms with Gasteiger partial charge in [0.15, 0.2) is 0 Å². The third-order valence-corrected chi connectivity index (χ3v) is 3.95. The van der Waals surface area contributed by atoms with Gasteiger partial charge in [0.2, 0.25) is 6.29 Å². The zero-order chi connectivity index (χ0) is 17.5. The maximum Gasteiger partial charge on any atom is 0.336 e. The van der Waals surface area contributed by atoms with Crippen molar-refractivity contribution in [3.05, 3.63) is 51.9 Å². The predicted octanol–water partition coefficient (Wildman–Crippen LogP) is 3.59. The fourth-order valence-electron chi connectivity index (χ4n) is 2.80. The molecule has 0 amide bonds. The van der Waals surface area contributed by atoms with Gasteiger partial charge in [0.1, 0.15) is 11.3 Å². The number of allylic oxidation sites excluding steroid dienone is 1. The van der Waals surface area contributed by atoms with Crippen molar-refractivity contribution in [2.75, 3.05) is 0 Å². The second kappa shape index (κ2) is 5.82. The Hall–Kier alpha value is -2.56. The summed E-state index contributed by atoms with van der Waals surface area (Å²) in [6.45, 7) is 7.65. The first-order chi connectivity index (χ1) is 11.2. The van der Waals surface area contributed by atoms with Gasteiger partial charge in [0.05, 0.1) is 0 Å². The highest BCUT2D eigenvalue weighted by atomic mass is 16.7. The molecule has 2 aromatic rings. The number of fused-ring (bicyclic) bond motifs is 2. The van der Waals surface area contributed by atoms with Gasteiger partial charge in [0, 0.05) is 29.0 Å². The average molecular weight is 328 g/mol. The van der Waals surface area contributed by atoms with Crippen LogP contribution in [0, 0.1) is 5.41 Å². The number of hydrogen-bond donors (Lipinski definition) is 0. The van der Waals surface area contributed by atoms with E-state index >= 15 is 0 Å². The van der Waals surface area contributed by atoms with E-state index in [1.54, 1.807) is 12.1 Å². The molecule has 0 fully saturated rings. The van der Waals surface area contributed by atoms with Crippen molar-refractivity contribution in [2.45, 2.75) is 40.4 Å². The molecule has 126 valence electrons. The number of carbonyl (C=O) groups is 1. The first-order valence-electron chi connectivity index (χ1n) is 7.83. The molecule has 0 bridgehead atoms. The van der Waals surface area contributed by atoms with Crippen LogP contribution >= 0.6 is 0 Å². The van der Waals surface area contributed by atoms with E-state index in [4.69, 9.17) is 13.9 Å². The summed E-state index contributed by atoms with van der Waals surface area (Å²) in [5.41, 5.74) is 1.53. The minimum atomic E-state index is -0.707. The lowest BCUT2D eigenvalue weighted by molar-refractivity contribution is -0.179. The number of rotatable bonds is 2. The molecule has 1 aromatic heterocycles. The molecule has 0 unspecified atom stereocenters. The number of esters is 1. The molecular weight excluding hydrogens is 308 g/mol. The van der Waals surface area contributed by atoms with E-state index < -0.39 is 17.9 Å². The number of ether oxygens (including phenoxy) is 2. The number of carbonyl (C=O) groups excluding carboxylic acids is 1. The van der Waals surface area contributed by atoms with E-state index in [-0.39, 0.29) is 5.41 Å². The summed E-state index contributed by atoms with van der Waals surface area (Å²) in [4.78, 5) is 23.3. The average Bonchev–Trinajstić information content (AvgIpc) is 2.45. The molecule has 5 heteroatoms. The van der Waals surface area contributed by atoms with Crippen LogP contribution < -0.4 is 10.4 Å². The largest absolute Gasteiger partial charge is 0.454 e. The maximum atomic E-state index is 11.9. The minimum absolute atomic E-state index is 0.374. The van der Waals surface area contributed by atoms with Gasteiger partial charge >= 0.3 is 11.6 Å². The van der Waals surface area contributed by atoms with Crippen LogP contribution in [0.2, 0.25) is 0 Å². The van der Waals surface area contributed by atoms with E-state index in [2.05, 4.69) is 0 Å². The van der Waals surface area contributed by atoms with Crippen molar-refractivity contribution in [3.8, 4) is 5.75 Å². The first kappa shape index (κ1) is 16.3. The molecule has 0 N–H and O–H groups in total. The zero-order valence-corrected chi connectivity index (χ0v) is 14.2. The van der Waals surface area contributed by atoms with Crippen LogP contribution in [0.1, 0.15) is 33.3 Å². The van der Waals surface area contributed by atoms with Crippen LogP contribution in [0.25, 0.3) is 11.0 Å². The summed E-state index contributed by atoms with van der Waals surface area (Å²) in [7, 11) is 0. The van der Waals surface area contributed by atoms with Gasteiger partial charge in [-0.1, -0.05) is 19.4 Å². The molecule has 5 nitrogen and oxygen atoms in total. The Morgan fingerprint density at radius 3 is 2.75 bits per heavy atom. The fraction of sp³-hybridized carbons (Fsp3) is 0.368. The van der Waals surface area contributed by atoms with Gasteiger partial charge in [-0.25, -0.2) is 9.59 Å². The smallest absolute Gasteiger partial charge is 0.336 e. The number of benzene rings is 1. The quantitative estimate of drug-likeness (QED) is 0.479. The van der Waals surface area contributed by atoms with Gasteiger partial charge in [-0.2, -0.15) is 0 Å². The Morgan fingerprint density at radius 1 is 1.29 bits per heavy atom. The number of hydrogen-bond acceptors (Lipinski definition) is 5. The highest BCUT2D eigenvalue weighted by molar-refractivity contribution is 5.83. The molecule has 1 aliphatic rings. The van der Waals surface area contributed by atoms with Gasteiger partial charge < -0.3 is 13.9 Å². The molecule has 24 heavy (non-hydrogen) atoms. The van der Waals surface area contributed by atoms with Crippen LogP contribution in [0.4, 0.5) is 0 Å². The molecule has 0 spiro atoms. The highest BCUT2D eigenvalue weighted by Gasteiger charge is 2.39. The van der Waals surface area contributed by atoms with Crippen molar-refractivity contribution >= 4 is 16.9 Å². The topological polar surface area (TPSA) is 65.7 Å². The van der Waals surface area contributed by atoms with Gasteiger partial charge in [0.25, 0.3) is 0 Å². The summed E-state index contributed by atoms with van der Waals surface area (Å²) in [5, 5.41) is 0.840. The Labute approximate surface area is 139 Å². The molecule has 1 aromatic carbocycles. The highest BCUT2D eigenvalue weighted by Crippen LogP contribution is 2.40. The van der Waals surface area contributed by atoms with E-state index in [1.165, 1.54) is 12.1 Å². The Kier molecular flexibility index (Phi) is 3.95. The van der Waals surface area contributed by atoms with Crippen molar-refractivity contribution in [1.82, 2.24) is 0 Å². The summed E-state index contributed by atoms with van der Waals surface area (Å²) in [6, 6.07) is 6.76. The predicted molar refractivity (Wildman–Crippen MR) is 89.9 cm³/mol. The molecule has 1 atom stereocenters. The van der Waals surface area contributed by atoms with Gasteiger partial charge in [-0.05, 0) is 38.0 Å². The van der Waals surface area contributed by atoms with Crippen LogP contribution in [-0.2, 0) is 16.0 Å². The molecule has 2 heterocycles. The summed E-state index contributed by atoms with van der Waals surface area (Å²) in [5.74, 6) is 0.148. The van der Waals surface area contributed by atoms with Crippen molar-refractivity contribution in [2.24, 2.45) is 5.41 Å². The molecule has 0 saturated heterocycles. The van der Waals surface area contributed by atoms with Crippen molar-refractivity contribution in [1.29, 1.82) is 0 Å². The Balaban J connectivity index is 1.96. The maximum absolute atomic E-state index is 11.9. The van der Waals surface area contributed by atoms with Crippen LogP contribution in [-0.4, -0.2) is 12.3 Å². The molecule has 0 saturated carbocycles. The Morgan fingerprint density at radius 2 is 2.04 bits per heavy atom. The van der Waals surface area contributed by atoms with E-state index in [9.17, 15) is 9.59 Å². The van der Waals surface area contributed by atoms with Crippen LogP contribution in [0.5, 0.6) is 5.75 Å². The monoisotopic (exact) mass is 328 g/mol. The molecule has 1 aliphatic heterocycles. The lowest BCUT2D eigenvalue weighted by atomic mass is 9.82. The Bertz CT molecular complexity index is 884. The SMILES string of the molecule is CC(C)=CC(=O)O[C@H]1Oc2cc3oc(=O)ccc3cc2CC1(C)C. The third kappa shape index (κ3) is 3.20. The molecule has 3 rings (SSSR count). The van der Waals surface area contributed by atoms with Crippen molar-refractivity contribution < 1.29 is 18.7 Å². The molecular formula is C19H20O5. The lowest BCUT2D eigenvalue weighted by Crippen LogP contribution is -2.43. The standard InChI is InChI=1S/C19H20O5/c1-11(2)7-17(21)24-18-19(3,4)10-13-8-12-5-6-16(20)22-14(12)9-15(13)23-18/h5-9,18H,10H2,1-4H3/t18-/m1/s1. The second-order valence-electron chi connectivity index (χ2n) is 7.03. The third-order valence-electron chi connectivity index (χ3n) is 3.95. The van der Waals surface area contributed by atoms with E-state index in [0.717, 1.165) is 16.5 Å². The molecule has 0 aliphatic carbocycles. The summed E-state index contributed by atoms with van der Waals surface area (Å²) in [6.07, 6.45) is 1.42. The zero-order valence-electron chi connectivity index (χ0n) is 14.2. The minimum Gasteiger partial charge on any atom is -0.454 e. The molecule has 0 radical (unpaired) electrons. The second-order valence-corrected chi connectivity index (χ2v) is 7.03. The van der Waals surface area contributed by atoms with E-state index in [1.807, 2.05) is 33.8 Å². The van der Waals surface area contributed by atoms with Crippen LogP contribution in [0.3, 0.4) is 0 Å². The first-order valence-corrected chi connectivity index (χ1v) is 7.83. The summed E-state index contributed by atoms with van der Waals surface area (Å²) < 4.78 is 16.6. The van der Waals surface area contributed by atoms with Crippen molar-refractivity contribution in [3.63, 3.8) is 0 Å². The fourth-order valence-corrected chi connectivity index (χ4v) is 2.80. The lowest BCUT2D eigenvalue weighted by Gasteiger charge is -2.38. The van der Waals surface area contributed by atoms with Gasteiger partial charge in [-0.3, -0.25) is 0 Å².